The number of nitrogens with one attached hydrogen (secondary N) is 1. The lowest BCUT2D eigenvalue weighted by atomic mass is 9.94. The van der Waals surface area contributed by atoms with E-state index in [9.17, 15) is 0 Å². The Balaban J connectivity index is 2.54. The number of benzene rings is 1. The standard InChI is InChI=1S/C13H19Cl2NO2/c1-13(2,16-5-7-18-8-6-17)10-3-4-11(14)12(15)9-10/h3-4,9,16-17H,5-8H2,1-2H3. The van der Waals surface area contributed by atoms with Crippen LogP contribution in [0, 0.1) is 0 Å². The molecular weight excluding hydrogens is 273 g/mol. The van der Waals surface area contributed by atoms with Crippen molar-refractivity contribution in [3.05, 3.63) is 33.8 Å². The Bertz CT molecular complexity index is 383. The first-order valence-corrected chi connectivity index (χ1v) is 6.62. The minimum absolute atomic E-state index is 0.0518. The Labute approximate surface area is 118 Å². The quantitative estimate of drug-likeness (QED) is 0.759. The van der Waals surface area contributed by atoms with Crippen LogP contribution in [0.4, 0.5) is 0 Å². The highest BCUT2D eigenvalue weighted by Gasteiger charge is 2.20. The van der Waals surface area contributed by atoms with Crippen LogP contribution in [-0.4, -0.2) is 31.5 Å². The van der Waals surface area contributed by atoms with E-state index in [-0.39, 0.29) is 12.1 Å². The van der Waals surface area contributed by atoms with E-state index in [1.165, 1.54) is 0 Å². The van der Waals surface area contributed by atoms with Gasteiger partial charge in [-0.25, -0.2) is 0 Å². The van der Waals surface area contributed by atoms with Gasteiger partial charge in [0, 0.05) is 12.1 Å². The molecule has 0 amide bonds. The molecule has 1 rings (SSSR count). The Morgan fingerprint density at radius 1 is 1.22 bits per heavy atom. The maximum absolute atomic E-state index is 8.59. The molecule has 3 nitrogen and oxygen atoms in total. The van der Waals surface area contributed by atoms with Gasteiger partial charge >= 0.3 is 0 Å². The van der Waals surface area contributed by atoms with Gasteiger partial charge in [0.15, 0.2) is 0 Å². The van der Waals surface area contributed by atoms with Crippen molar-refractivity contribution in [3.8, 4) is 0 Å². The van der Waals surface area contributed by atoms with Crippen molar-refractivity contribution in [2.24, 2.45) is 0 Å². The monoisotopic (exact) mass is 291 g/mol. The lowest BCUT2D eigenvalue weighted by Gasteiger charge is -2.27. The molecule has 18 heavy (non-hydrogen) atoms. The third-order valence-electron chi connectivity index (χ3n) is 2.69. The van der Waals surface area contributed by atoms with E-state index in [1.807, 2.05) is 12.1 Å². The molecule has 5 heteroatoms. The van der Waals surface area contributed by atoms with Gasteiger partial charge in [-0.2, -0.15) is 0 Å². The highest BCUT2D eigenvalue weighted by Crippen LogP contribution is 2.28. The zero-order valence-corrected chi connectivity index (χ0v) is 12.2. The molecule has 0 aliphatic heterocycles. The van der Waals surface area contributed by atoms with Gasteiger partial charge in [0.05, 0.1) is 29.9 Å². The molecule has 0 fully saturated rings. The molecule has 0 bridgehead atoms. The largest absolute Gasteiger partial charge is 0.394 e. The van der Waals surface area contributed by atoms with E-state index in [4.69, 9.17) is 33.0 Å². The van der Waals surface area contributed by atoms with Gasteiger partial charge in [-0.05, 0) is 31.5 Å². The van der Waals surface area contributed by atoms with Crippen molar-refractivity contribution in [1.82, 2.24) is 5.32 Å². The van der Waals surface area contributed by atoms with E-state index in [1.54, 1.807) is 6.07 Å². The second-order valence-corrected chi connectivity index (χ2v) is 5.33. The average Bonchev–Trinajstić information content (AvgIpc) is 2.32. The van der Waals surface area contributed by atoms with Gasteiger partial charge in [0.1, 0.15) is 0 Å². The SMILES string of the molecule is CC(C)(NCCOCCO)c1ccc(Cl)c(Cl)c1. The normalized spacial score (nSPS) is 11.8. The van der Waals surface area contributed by atoms with Crippen LogP contribution in [0.5, 0.6) is 0 Å². The van der Waals surface area contributed by atoms with Gasteiger partial charge in [-0.1, -0.05) is 29.3 Å². The van der Waals surface area contributed by atoms with Crippen LogP contribution in [0.15, 0.2) is 18.2 Å². The summed E-state index contributed by atoms with van der Waals surface area (Å²) in [7, 11) is 0. The molecule has 0 aromatic heterocycles. The van der Waals surface area contributed by atoms with E-state index < -0.39 is 0 Å². The lowest BCUT2D eigenvalue weighted by molar-refractivity contribution is 0.0903. The van der Waals surface area contributed by atoms with E-state index in [0.29, 0.717) is 29.8 Å². The highest BCUT2D eigenvalue weighted by atomic mass is 35.5. The predicted octanol–water partition coefficient (Wildman–Crippen LogP) is 2.83. The molecule has 1 aromatic carbocycles. The first-order chi connectivity index (χ1) is 8.47. The van der Waals surface area contributed by atoms with Crippen LogP contribution < -0.4 is 5.32 Å². The summed E-state index contributed by atoms with van der Waals surface area (Å²) < 4.78 is 5.20. The van der Waals surface area contributed by atoms with Crippen LogP contribution in [0.1, 0.15) is 19.4 Å². The minimum atomic E-state index is -0.212. The maximum Gasteiger partial charge on any atom is 0.0698 e. The van der Waals surface area contributed by atoms with Crippen LogP contribution >= 0.6 is 23.2 Å². The van der Waals surface area contributed by atoms with E-state index in [0.717, 1.165) is 5.56 Å². The van der Waals surface area contributed by atoms with Crippen molar-refractivity contribution < 1.29 is 9.84 Å². The zero-order valence-electron chi connectivity index (χ0n) is 10.7. The van der Waals surface area contributed by atoms with Crippen molar-refractivity contribution in [2.45, 2.75) is 19.4 Å². The summed E-state index contributed by atoms with van der Waals surface area (Å²) in [6.45, 7) is 5.82. The summed E-state index contributed by atoms with van der Waals surface area (Å²) in [5.41, 5.74) is 0.857. The molecule has 1 aromatic rings. The zero-order chi connectivity index (χ0) is 13.6. The van der Waals surface area contributed by atoms with Gasteiger partial charge in [-0.3, -0.25) is 0 Å². The second kappa shape index (κ2) is 7.31. The summed E-state index contributed by atoms with van der Waals surface area (Å²) in [5.74, 6) is 0. The van der Waals surface area contributed by atoms with Crippen molar-refractivity contribution >= 4 is 23.2 Å². The molecule has 0 saturated carbocycles. The Kier molecular flexibility index (Phi) is 6.39. The summed E-state index contributed by atoms with van der Waals surface area (Å²) in [6, 6.07) is 5.62. The smallest absolute Gasteiger partial charge is 0.0698 e. The molecule has 0 atom stereocenters. The van der Waals surface area contributed by atoms with Crippen LogP contribution in [-0.2, 0) is 10.3 Å². The molecule has 102 valence electrons. The summed E-state index contributed by atoms with van der Waals surface area (Å²) >= 11 is 11.9. The highest BCUT2D eigenvalue weighted by molar-refractivity contribution is 6.42. The van der Waals surface area contributed by atoms with Crippen LogP contribution in [0.25, 0.3) is 0 Å². The maximum atomic E-state index is 8.59. The van der Waals surface area contributed by atoms with Crippen LogP contribution in [0.2, 0.25) is 10.0 Å². The second-order valence-electron chi connectivity index (χ2n) is 4.52. The topological polar surface area (TPSA) is 41.5 Å². The molecule has 0 aliphatic rings. The summed E-state index contributed by atoms with van der Waals surface area (Å²) in [6.07, 6.45) is 0. The van der Waals surface area contributed by atoms with Crippen molar-refractivity contribution in [2.75, 3.05) is 26.4 Å². The third kappa shape index (κ3) is 4.75. The van der Waals surface area contributed by atoms with Crippen LogP contribution in [0.3, 0.4) is 0 Å². The predicted molar refractivity (Wildman–Crippen MR) is 75.4 cm³/mol. The minimum Gasteiger partial charge on any atom is -0.394 e. The Morgan fingerprint density at radius 2 is 1.94 bits per heavy atom. The molecular formula is C13H19Cl2NO2. The van der Waals surface area contributed by atoms with Gasteiger partial charge < -0.3 is 15.2 Å². The molecule has 2 N–H and O–H groups in total. The van der Waals surface area contributed by atoms with E-state index >= 15 is 0 Å². The molecule has 0 aliphatic carbocycles. The number of aliphatic hydroxyl groups is 1. The first kappa shape index (κ1) is 15.7. The Morgan fingerprint density at radius 3 is 2.56 bits per heavy atom. The molecule has 0 saturated heterocycles. The van der Waals surface area contributed by atoms with Gasteiger partial charge in [-0.15, -0.1) is 0 Å². The molecule has 0 radical (unpaired) electrons. The summed E-state index contributed by atoms with van der Waals surface area (Å²) in [5, 5.41) is 13.1. The van der Waals surface area contributed by atoms with Crippen molar-refractivity contribution in [3.63, 3.8) is 0 Å². The molecule has 0 spiro atoms. The number of hydrogen-bond donors (Lipinski definition) is 2. The number of rotatable bonds is 7. The fourth-order valence-corrected chi connectivity index (χ4v) is 1.89. The molecule has 0 heterocycles. The number of ether oxygens (including phenoxy) is 1. The first-order valence-electron chi connectivity index (χ1n) is 5.86. The van der Waals surface area contributed by atoms with Gasteiger partial charge in [0.25, 0.3) is 0 Å². The Hall–Kier alpha value is -0.320. The molecule has 0 unspecified atom stereocenters. The fraction of sp³-hybridized carbons (Fsp3) is 0.538. The summed E-state index contributed by atoms with van der Waals surface area (Å²) in [4.78, 5) is 0. The van der Waals surface area contributed by atoms with Crippen molar-refractivity contribution in [1.29, 1.82) is 0 Å². The number of hydrogen-bond acceptors (Lipinski definition) is 3. The van der Waals surface area contributed by atoms with Gasteiger partial charge in [0.2, 0.25) is 0 Å². The third-order valence-corrected chi connectivity index (χ3v) is 3.43. The average molecular weight is 292 g/mol. The van der Waals surface area contributed by atoms with E-state index in [2.05, 4.69) is 19.2 Å². The lowest BCUT2D eigenvalue weighted by Crippen LogP contribution is -2.38. The fourth-order valence-electron chi connectivity index (χ4n) is 1.59. The number of aliphatic hydroxyl groups excluding tert-OH is 1. The number of halogens is 2.